The molecule has 20 heavy (non-hydrogen) atoms. The van der Waals surface area contributed by atoms with Crippen molar-refractivity contribution in [1.82, 2.24) is 0 Å². The van der Waals surface area contributed by atoms with Gasteiger partial charge in [0, 0.05) is 9.50 Å². The minimum Gasteiger partial charge on any atom is -0.277 e. The Hall–Kier alpha value is -1.18. The number of halogens is 4. The fraction of sp³-hybridized carbons (Fsp3) is 0. The smallest absolute Gasteiger partial charge is 0.264 e. The van der Waals surface area contributed by atoms with Crippen LogP contribution < -0.4 is 4.72 Å². The molecule has 0 aliphatic heterocycles. The van der Waals surface area contributed by atoms with Crippen molar-refractivity contribution in [3.8, 4) is 0 Å². The fourth-order valence-electron chi connectivity index (χ4n) is 1.47. The Bertz CT molecular complexity index is 768. The van der Waals surface area contributed by atoms with E-state index in [1.807, 2.05) is 4.72 Å². The molecule has 0 saturated carbocycles. The van der Waals surface area contributed by atoms with Gasteiger partial charge in [-0.1, -0.05) is 27.5 Å². The second-order valence-corrected chi connectivity index (χ2v) is 6.81. The molecular formula is C12H7BrClF2NO2S. The normalized spacial score (nSPS) is 11.4. The molecule has 2 rings (SSSR count). The second-order valence-electron chi connectivity index (χ2n) is 3.80. The van der Waals surface area contributed by atoms with Gasteiger partial charge in [-0.3, -0.25) is 4.72 Å². The average Bonchev–Trinajstić information content (AvgIpc) is 2.33. The van der Waals surface area contributed by atoms with E-state index in [0.29, 0.717) is 4.47 Å². The van der Waals surface area contributed by atoms with Gasteiger partial charge < -0.3 is 0 Å². The summed E-state index contributed by atoms with van der Waals surface area (Å²) in [5, 5.41) is 0.153. The zero-order chi connectivity index (χ0) is 14.9. The first-order valence-electron chi connectivity index (χ1n) is 5.22. The molecule has 3 nitrogen and oxygen atoms in total. The van der Waals surface area contributed by atoms with Crippen molar-refractivity contribution in [2.24, 2.45) is 0 Å². The standard InChI is InChI=1S/C12H7BrClF2NO2S/c13-7-1-4-12(10(16)5-7)20(18,19)17-11-6-8(14)2-3-9(11)15/h1-6,17H. The van der Waals surface area contributed by atoms with E-state index in [-0.39, 0.29) is 10.7 Å². The summed E-state index contributed by atoms with van der Waals surface area (Å²) in [7, 11) is -4.24. The molecule has 0 aromatic heterocycles. The Kier molecular flexibility index (Phi) is 4.31. The molecule has 0 aliphatic rings. The third-order valence-electron chi connectivity index (χ3n) is 2.36. The molecule has 0 radical (unpaired) electrons. The van der Waals surface area contributed by atoms with E-state index in [1.165, 1.54) is 12.1 Å². The predicted molar refractivity (Wildman–Crippen MR) is 76.3 cm³/mol. The summed E-state index contributed by atoms with van der Waals surface area (Å²) in [5.74, 6) is -1.76. The summed E-state index contributed by atoms with van der Waals surface area (Å²) in [5.41, 5.74) is -0.347. The molecule has 0 saturated heterocycles. The highest BCUT2D eigenvalue weighted by Gasteiger charge is 2.20. The maximum absolute atomic E-state index is 13.7. The lowest BCUT2D eigenvalue weighted by Crippen LogP contribution is -2.15. The van der Waals surface area contributed by atoms with Crippen LogP contribution in [0.5, 0.6) is 0 Å². The van der Waals surface area contributed by atoms with Gasteiger partial charge in [-0.2, -0.15) is 0 Å². The molecule has 0 unspecified atom stereocenters. The Balaban J connectivity index is 2.43. The SMILES string of the molecule is O=S(=O)(Nc1cc(Cl)ccc1F)c1ccc(Br)cc1F. The minimum absolute atomic E-state index is 0.153. The highest BCUT2D eigenvalue weighted by Crippen LogP contribution is 2.25. The van der Waals surface area contributed by atoms with Gasteiger partial charge in [0.25, 0.3) is 10.0 Å². The molecule has 0 spiro atoms. The van der Waals surface area contributed by atoms with Crippen molar-refractivity contribution in [2.45, 2.75) is 4.90 Å². The highest BCUT2D eigenvalue weighted by atomic mass is 79.9. The maximum Gasteiger partial charge on any atom is 0.264 e. The fourth-order valence-corrected chi connectivity index (χ4v) is 3.09. The molecule has 0 amide bonds. The third kappa shape index (κ3) is 3.28. The molecule has 2 aromatic rings. The number of hydrogen-bond donors (Lipinski definition) is 1. The molecular weight excluding hydrogens is 376 g/mol. The number of anilines is 1. The van der Waals surface area contributed by atoms with E-state index in [2.05, 4.69) is 15.9 Å². The van der Waals surface area contributed by atoms with E-state index in [0.717, 1.165) is 24.3 Å². The van der Waals surface area contributed by atoms with Gasteiger partial charge >= 0.3 is 0 Å². The van der Waals surface area contributed by atoms with Crippen LogP contribution in [0.15, 0.2) is 45.8 Å². The first-order chi connectivity index (χ1) is 9.29. The summed E-state index contributed by atoms with van der Waals surface area (Å²) in [6, 6.07) is 6.83. The predicted octanol–water partition coefficient (Wildman–Crippen LogP) is 4.18. The van der Waals surface area contributed by atoms with Crippen LogP contribution in [-0.4, -0.2) is 8.42 Å². The van der Waals surface area contributed by atoms with Crippen molar-refractivity contribution < 1.29 is 17.2 Å². The Morgan fingerprint density at radius 1 is 1.05 bits per heavy atom. The summed E-state index contributed by atoms with van der Waals surface area (Å²) in [6.07, 6.45) is 0. The van der Waals surface area contributed by atoms with E-state index < -0.39 is 26.6 Å². The highest BCUT2D eigenvalue weighted by molar-refractivity contribution is 9.10. The van der Waals surface area contributed by atoms with E-state index >= 15 is 0 Å². The number of rotatable bonds is 3. The number of nitrogens with one attached hydrogen (secondary N) is 1. The molecule has 1 N–H and O–H groups in total. The lowest BCUT2D eigenvalue weighted by Gasteiger charge is -2.10. The zero-order valence-electron chi connectivity index (χ0n) is 9.70. The minimum atomic E-state index is -4.24. The topological polar surface area (TPSA) is 46.2 Å². The molecule has 0 fully saturated rings. The summed E-state index contributed by atoms with van der Waals surface area (Å²) in [4.78, 5) is -0.583. The van der Waals surface area contributed by atoms with Crippen LogP contribution in [0, 0.1) is 11.6 Å². The maximum atomic E-state index is 13.7. The number of benzene rings is 2. The number of sulfonamides is 1. The summed E-state index contributed by atoms with van der Waals surface area (Å²) >= 11 is 8.68. The van der Waals surface area contributed by atoms with Gasteiger partial charge in [-0.25, -0.2) is 17.2 Å². The summed E-state index contributed by atoms with van der Waals surface area (Å²) in [6.45, 7) is 0. The molecule has 106 valence electrons. The third-order valence-corrected chi connectivity index (χ3v) is 4.48. The lowest BCUT2D eigenvalue weighted by molar-refractivity contribution is 0.569. The van der Waals surface area contributed by atoms with Crippen molar-refractivity contribution in [1.29, 1.82) is 0 Å². The first-order valence-corrected chi connectivity index (χ1v) is 7.88. The zero-order valence-corrected chi connectivity index (χ0v) is 12.9. The Morgan fingerprint density at radius 2 is 1.75 bits per heavy atom. The van der Waals surface area contributed by atoms with Gasteiger partial charge in [0.15, 0.2) is 0 Å². The first kappa shape index (κ1) is 15.2. The molecule has 0 heterocycles. The van der Waals surface area contributed by atoms with E-state index in [1.54, 1.807) is 0 Å². The van der Waals surface area contributed by atoms with E-state index in [9.17, 15) is 17.2 Å². The van der Waals surface area contributed by atoms with Crippen molar-refractivity contribution in [3.63, 3.8) is 0 Å². The molecule has 0 aliphatic carbocycles. The van der Waals surface area contributed by atoms with Crippen molar-refractivity contribution in [3.05, 3.63) is 57.5 Å². The van der Waals surface area contributed by atoms with Crippen LogP contribution in [0.25, 0.3) is 0 Å². The van der Waals surface area contributed by atoms with Crippen molar-refractivity contribution in [2.75, 3.05) is 4.72 Å². The van der Waals surface area contributed by atoms with Gasteiger partial charge in [-0.05, 0) is 36.4 Å². The van der Waals surface area contributed by atoms with Gasteiger partial charge in [0.2, 0.25) is 0 Å². The van der Waals surface area contributed by atoms with Gasteiger partial charge in [0.05, 0.1) is 5.69 Å². The molecule has 2 aromatic carbocycles. The second kappa shape index (κ2) is 5.67. The average molecular weight is 383 g/mol. The number of hydrogen-bond acceptors (Lipinski definition) is 2. The van der Waals surface area contributed by atoms with E-state index in [4.69, 9.17) is 11.6 Å². The van der Waals surface area contributed by atoms with Crippen LogP contribution in [0.3, 0.4) is 0 Å². The van der Waals surface area contributed by atoms with Crippen LogP contribution in [-0.2, 0) is 10.0 Å². The van der Waals surface area contributed by atoms with Crippen molar-refractivity contribution >= 4 is 43.2 Å². The Labute approximate surface area is 127 Å². The monoisotopic (exact) mass is 381 g/mol. The van der Waals surface area contributed by atoms with Crippen LogP contribution in [0.1, 0.15) is 0 Å². The molecule has 0 atom stereocenters. The van der Waals surface area contributed by atoms with Gasteiger partial charge in [0.1, 0.15) is 16.5 Å². The van der Waals surface area contributed by atoms with Gasteiger partial charge in [-0.15, -0.1) is 0 Å². The molecule has 8 heteroatoms. The quantitative estimate of drug-likeness (QED) is 0.865. The van der Waals surface area contributed by atoms with Crippen LogP contribution in [0.2, 0.25) is 5.02 Å². The van der Waals surface area contributed by atoms with Crippen LogP contribution in [0.4, 0.5) is 14.5 Å². The largest absolute Gasteiger partial charge is 0.277 e. The Morgan fingerprint density at radius 3 is 2.40 bits per heavy atom. The lowest BCUT2D eigenvalue weighted by atomic mass is 10.3. The summed E-state index contributed by atoms with van der Waals surface area (Å²) < 4.78 is 53.5. The molecule has 0 bridgehead atoms. The van der Waals surface area contributed by atoms with Crippen LogP contribution >= 0.6 is 27.5 Å².